The number of benzene rings is 3. The molecule has 1 aliphatic heterocycles. The molecule has 0 amide bonds. The zero-order valence-corrected chi connectivity index (χ0v) is 14.3. The van der Waals surface area contributed by atoms with Gasteiger partial charge in [-0.1, -0.05) is 72.3 Å². The zero-order chi connectivity index (χ0) is 17.9. The normalized spacial score (nSPS) is 15.0. The second-order valence-corrected chi connectivity index (χ2v) is 6.19. The Morgan fingerprint density at radius 1 is 0.769 bits per heavy atom. The van der Waals surface area contributed by atoms with Gasteiger partial charge in [0.05, 0.1) is 0 Å². The van der Waals surface area contributed by atoms with Gasteiger partial charge >= 0.3 is 5.97 Å². The Bertz CT molecular complexity index is 998. The molecule has 4 rings (SSSR count). The molecule has 0 N–H and O–H groups in total. The fraction of sp³-hybridized carbons (Fsp3) is 0.0435. The third-order valence-electron chi connectivity index (χ3n) is 4.24. The van der Waals surface area contributed by atoms with Crippen LogP contribution in [0.15, 0.2) is 89.6 Å². The van der Waals surface area contributed by atoms with Gasteiger partial charge in [0, 0.05) is 5.56 Å². The van der Waals surface area contributed by atoms with Gasteiger partial charge in [0.15, 0.2) is 5.70 Å². The Kier molecular flexibility index (Phi) is 4.20. The second kappa shape index (κ2) is 6.81. The first kappa shape index (κ1) is 16.0. The lowest BCUT2D eigenvalue weighted by Gasteiger charge is -2.03. The van der Waals surface area contributed by atoms with Gasteiger partial charge in [0.25, 0.3) is 0 Å². The highest BCUT2D eigenvalue weighted by Crippen LogP contribution is 2.23. The number of cyclic esters (lactones) is 1. The van der Waals surface area contributed by atoms with Crippen molar-refractivity contribution >= 4 is 17.9 Å². The minimum atomic E-state index is -0.423. The molecule has 1 aliphatic rings. The van der Waals surface area contributed by atoms with Crippen LogP contribution in [0, 0.1) is 6.92 Å². The number of carbonyl (C=O) groups excluding carboxylic acids is 1. The van der Waals surface area contributed by atoms with Crippen LogP contribution in [-0.4, -0.2) is 11.9 Å². The summed E-state index contributed by atoms with van der Waals surface area (Å²) >= 11 is 0. The average Bonchev–Trinajstić information content (AvgIpc) is 3.05. The Balaban J connectivity index is 1.60. The van der Waals surface area contributed by atoms with Crippen LogP contribution in [-0.2, 0) is 9.53 Å². The highest BCUT2D eigenvalue weighted by molar-refractivity contribution is 6.12. The molecule has 3 aromatic carbocycles. The van der Waals surface area contributed by atoms with Gasteiger partial charge in [-0.05, 0) is 41.8 Å². The first-order chi connectivity index (χ1) is 12.7. The van der Waals surface area contributed by atoms with E-state index < -0.39 is 5.97 Å². The summed E-state index contributed by atoms with van der Waals surface area (Å²) in [6.45, 7) is 2.02. The SMILES string of the molecule is Cc1ccc(C=C2N=C(c3ccc(-c4ccccc4)cc3)OC2=O)cc1. The van der Waals surface area contributed by atoms with Gasteiger partial charge in [-0.15, -0.1) is 0 Å². The number of nitrogens with zero attached hydrogens (tertiary/aromatic N) is 1. The highest BCUT2D eigenvalue weighted by Gasteiger charge is 2.24. The molecule has 0 bridgehead atoms. The summed E-state index contributed by atoms with van der Waals surface area (Å²) in [5, 5.41) is 0. The third-order valence-corrected chi connectivity index (χ3v) is 4.24. The van der Waals surface area contributed by atoms with Gasteiger partial charge < -0.3 is 4.74 Å². The molecule has 0 atom stereocenters. The quantitative estimate of drug-likeness (QED) is 0.497. The maximum Gasteiger partial charge on any atom is 0.363 e. The van der Waals surface area contributed by atoms with Crippen LogP contribution in [0.25, 0.3) is 17.2 Å². The van der Waals surface area contributed by atoms with E-state index in [1.54, 1.807) is 6.08 Å². The van der Waals surface area contributed by atoms with Crippen LogP contribution in [0.3, 0.4) is 0 Å². The molecule has 0 radical (unpaired) electrons. The van der Waals surface area contributed by atoms with Crippen LogP contribution in [0.4, 0.5) is 0 Å². The largest absolute Gasteiger partial charge is 0.402 e. The Morgan fingerprint density at radius 3 is 2.08 bits per heavy atom. The lowest BCUT2D eigenvalue weighted by atomic mass is 10.0. The predicted molar refractivity (Wildman–Crippen MR) is 104 cm³/mol. The van der Waals surface area contributed by atoms with Crippen LogP contribution in [0.2, 0.25) is 0 Å². The summed E-state index contributed by atoms with van der Waals surface area (Å²) in [7, 11) is 0. The van der Waals surface area contributed by atoms with Gasteiger partial charge in [-0.3, -0.25) is 0 Å². The second-order valence-electron chi connectivity index (χ2n) is 6.19. The molecule has 0 fully saturated rings. The van der Waals surface area contributed by atoms with Crippen LogP contribution in [0.5, 0.6) is 0 Å². The predicted octanol–water partition coefficient (Wildman–Crippen LogP) is 5.01. The van der Waals surface area contributed by atoms with E-state index >= 15 is 0 Å². The number of esters is 1. The van der Waals surface area contributed by atoms with Crippen molar-refractivity contribution in [3.05, 3.63) is 101 Å². The van der Waals surface area contributed by atoms with Crippen molar-refractivity contribution in [2.45, 2.75) is 6.92 Å². The number of aryl methyl sites for hydroxylation is 1. The molecule has 26 heavy (non-hydrogen) atoms. The monoisotopic (exact) mass is 339 g/mol. The molecule has 3 aromatic rings. The molecule has 0 unspecified atom stereocenters. The van der Waals surface area contributed by atoms with Gasteiger partial charge in [0.2, 0.25) is 5.90 Å². The minimum absolute atomic E-state index is 0.316. The third kappa shape index (κ3) is 3.33. The van der Waals surface area contributed by atoms with Crippen molar-refractivity contribution in [2.75, 3.05) is 0 Å². The summed E-state index contributed by atoms with van der Waals surface area (Å²) in [6, 6.07) is 25.9. The highest BCUT2D eigenvalue weighted by atomic mass is 16.6. The minimum Gasteiger partial charge on any atom is -0.402 e. The number of rotatable bonds is 3. The average molecular weight is 339 g/mol. The number of carbonyl (C=O) groups is 1. The Hall–Kier alpha value is -3.46. The number of aliphatic imine (C=N–C) groups is 1. The van der Waals surface area contributed by atoms with Crippen molar-refractivity contribution in [3.8, 4) is 11.1 Å². The smallest absolute Gasteiger partial charge is 0.363 e. The summed E-state index contributed by atoms with van der Waals surface area (Å²) < 4.78 is 5.34. The Labute approximate surface area is 152 Å². The number of ether oxygens (including phenoxy) is 1. The van der Waals surface area contributed by atoms with Crippen molar-refractivity contribution in [2.24, 2.45) is 4.99 Å². The molecule has 1 heterocycles. The van der Waals surface area contributed by atoms with E-state index in [9.17, 15) is 4.79 Å². The molecule has 3 nitrogen and oxygen atoms in total. The van der Waals surface area contributed by atoms with Crippen molar-refractivity contribution in [1.82, 2.24) is 0 Å². The molecular weight excluding hydrogens is 322 g/mol. The summed E-state index contributed by atoms with van der Waals surface area (Å²) in [5.74, 6) is -0.0827. The zero-order valence-electron chi connectivity index (χ0n) is 14.3. The molecular formula is C23H17NO2. The first-order valence-electron chi connectivity index (χ1n) is 8.44. The van der Waals surface area contributed by atoms with E-state index in [1.165, 1.54) is 5.56 Å². The van der Waals surface area contributed by atoms with E-state index in [-0.39, 0.29) is 0 Å². The van der Waals surface area contributed by atoms with E-state index in [1.807, 2.05) is 73.7 Å². The van der Waals surface area contributed by atoms with Crippen LogP contribution in [0.1, 0.15) is 16.7 Å². The summed E-state index contributed by atoms with van der Waals surface area (Å²) in [5.41, 5.74) is 5.44. The topological polar surface area (TPSA) is 38.7 Å². The number of hydrogen-bond donors (Lipinski definition) is 0. The van der Waals surface area contributed by atoms with E-state index in [2.05, 4.69) is 17.1 Å². The van der Waals surface area contributed by atoms with E-state index in [4.69, 9.17) is 4.74 Å². The van der Waals surface area contributed by atoms with Crippen molar-refractivity contribution in [1.29, 1.82) is 0 Å². The molecule has 0 aromatic heterocycles. The van der Waals surface area contributed by atoms with Gasteiger partial charge in [-0.2, -0.15) is 0 Å². The lowest BCUT2D eigenvalue weighted by Crippen LogP contribution is -2.05. The van der Waals surface area contributed by atoms with Gasteiger partial charge in [0.1, 0.15) is 0 Å². The molecule has 0 spiro atoms. The Morgan fingerprint density at radius 2 is 1.38 bits per heavy atom. The van der Waals surface area contributed by atoms with Gasteiger partial charge in [-0.25, -0.2) is 9.79 Å². The summed E-state index contributed by atoms with van der Waals surface area (Å²) in [6.07, 6.45) is 1.74. The van der Waals surface area contributed by atoms with Crippen molar-refractivity contribution in [3.63, 3.8) is 0 Å². The maximum absolute atomic E-state index is 12.1. The standard InChI is InChI=1S/C23H17NO2/c1-16-7-9-17(10-8-16)15-21-23(25)26-22(24-21)20-13-11-19(12-14-20)18-5-3-2-4-6-18/h2-15H,1H3. The lowest BCUT2D eigenvalue weighted by molar-refractivity contribution is -0.129. The maximum atomic E-state index is 12.1. The number of hydrogen-bond acceptors (Lipinski definition) is 3. The van der Waals surface area contributed by atoms with E-state index in [0.717, 1.165) is 22.3 Å². The first-order valence-corrected chi connectivity index (χ1v) is 8.44. The van der Waals surface area contributed by atoms with Crippen molar-refractivity contribution < 1.29 is 9.53 Å². The molecule has 0 saturated carbocycles. The summed E-state index contributed by atoms with van der Waals surface area (Å²) in [4.78, 5) is 16.5. The van der Waals surface area contributed by atoms with Crippen LogP contribution < -0.4 is 0 Å². The molecule has 0 saturated heterocycles. The molecule has 3 heteroatoms. The molecule has 0 aliphatic carbocycles. The molecule has 126 valence electrons. The van der Waals surface area contributed by atoms with Crippen LogP contribution >= 0.6 is 0 Å². The fourth-order valence-electron chi connectivity index (χ4n) is 2.79. The fourth-order valence-corrected chi connectivity index (χ4v) is 2.79. The van der Waals surface area contributed by atoms with E-state index in [0.29, 0.717) is 11.6 Å².